The van der Waals surface area contributed by atoms with E-state index in [2.05, 4.69) is 34.2 Å². The van der Waals surface area contributed by atoms with Crippen LogP contribution < -0.4 is 4.90 Å². The van der Waals surface area contributed by atoms with Gasteiger partial charge in [0.1, 0.15) is 5.01 Å². The Morgan fingerprint density at radius 3 is 2.34 bits per heavy atom. The minimum absolute atomic E-state index is 0.595. The summed E-state index contributed by atoms with van der Waals surface area (Å²) in [7, 11) is 0. The van der Waals surface area contributed by atoms with E-state index in [0.29, 0.717) is 19.1 Å². The Hall–Kier alpha value is -3.03. The van der Waals surface area contributed by atoms with E-state index in [-0.39, 0.29) is 0 Å². The lowest BCUT2D eigenvalue weighted by atomic mass is 10.1. The van der Waals surface area contributed by atoms with Crippen LogP contribution in [0.5, 0.6) is 0 Å². The van der Waals surface area contributed by atoms with Crippen LogP contribution in [0.25, 0.3) is 32.7 Å². The molecule has 6 nitrogen and oxygen atoms in total. The molecule has 3 heterocycles. The van der Waals surface area contributed by atoms with E-state index in [9.17, 15) is 0 Å². The third-order valence-electron chi connectivity index (χ3n) is 4.85. The lowest BCUT2D eigenvalue weighted by Gasteiger charge is -2.26. The van der Waals surface area contributed by atoms with Gasteiger partial charge in [0.05, 0.1) is 13.2 Å². The second-order valence-electron chi connectivity index (χ2n) is 6.92. The Kier molecular flexibility index (Phi) is 4.83. The van der Waals surface area contributed by atoms with Crippen molar-refractivity contribution >= 4 is 17.2 Å². The Bertz CT molecular complexity index is 1100. The van der Waals surface area contributed by atoms with Gasteiger partial charge < -0.3 is 14.1 Å². The van der Waals surface area contributed by atoms with Gasteiger partial charge in [0, 0.05) is 24.2 Å². The van der Waals surface area contributed by atoms with Crippen molar-refractivity contribution in [1.29, 1.82) is 0 Å². The number of oxazole rings is 1. The zero-order chi connectivity index (χ0) is 19.6. The summed E-state index contributed by atoms with van der Waals surface area (Å²) in [5, 5.41) is 10.4. The van der Waals surface area contributed by atoms with E-state index < -0.39 is 0 Å². The van der Waals surface area contributed by atoms with Gasteiger partial charge >= 0.3 is 0 Å². The second-order valence-corrected chi connectivity index (χ2v) is 7.89. The van der Waals surface area contributed by atoms with Crippen molar-refractivity contribution in [3.8, 4) is 32.7 Å². The van der Waals surface area contributed by atoms with Gasteiger partial charge in [0.15, 0.2) is 10.7 Å². The first-order valence-electron chi connectivity index (χ1n) is 9.58. The highest BCUT2D eigenvalue weighted by Crippen LogP contribution is 2.38. The number of rotatable bonds is 4. The molecule has 0 N–H and O–H groups in total. The van der Waals surface area contributed by atoms with Crippen LogP contribution in [0.2, 0.25) is 0 Å². The number of ether oxygens (including phenoxy) is 1. The molecule has 1 aliphatic heterocycles. The first kappa shape index (κ1) is 18.0. The van der Waals surface area contributed by atoms with Crippen molar-refractivity contribution in [2.75, 3.05) is 31.2 Å². The van der Waals surface area contributed by atoms with Crippen LogP contribution in [0.1, 0.15) is 5.56 Å². The summed E-state index contributed by atoms with van der Waals surface area (Å²) in [5.74, 6) is 1.33. The van der Waals surface area contributed by atoms with Gasteiger partial charge in [-0.25, -0.2) is 4.98 Å². The van der Waals surface area contributed by atoms with E-state index in [0.717, 1.165) is 45.8 Å². The van der Waals surface area contributed by atoms with Gasteiger partial charge in [-0.05, 0) is 19.1 Å². The third-order valence-corrected chi connectivity index (χ3v) is 5.83. The summed E-state index contributed by atoms with van der Waals surface area (Å²) >= 11 is 1.53. The van der Waals surface area contributed by atoms with Crippen molar-refractivity contribution in [2.45, 2.75) is 6.92 Å². The third kappa shape index (κ3) is 3.66. The summed E-state index contributed by atoms with van der Waals surface area (Å²) < 4.78 is 11.8. The zero-order valence-electron chi connectivity index (χ0n) is 16.0. The molecule has 4 aromatic rings. The van der Waals surface area contributed by atoms with E-state index in [1.807, 2.05) is 42.5 Å². The quantitative estimate of drug-likeness (QED) is 0.492. The topological polar surface area (TPSA) is 64.3 Å². The highest BCUT2D eigenvalue weighted by atomic mass is 32.1. The Morgan fingerprint density at radius 1 is 0.862 bits per heavy atom. The van der Waals surface area contributed by atoms with Crippen LogP contribution in [-0.2, 0) is 4.74 Å². The molecule has 0 atom stereocenters. The number of anilines is 1. The SMILES string of the molecule is Cc1ccc(-c2nc(-c3nnc(-c4ccccc4)s3)c(N3CCOCC3)o2)cc1. The normalized spacial score (nSPS) is 14.3. The molecule has 0 aliphatic carbocycles. The molecule has 0 radical (unpaired) electrons. The fourth-order valence-corrected chi connectivity index (χ4v) is 4.10. The lowest BCUT2D eigenvalue weighted by Crippen LogP contribution is -2.36. The molecule has 0 amide bonds. The number of aryl methyl sites for hydroxylation is 1. The summed E-state index contributed by atoms with van der Waals surface area (Å²) in [6, 6.07) is 18.3. The second kappa shape index (κ2) is 7.77. The van der Waals surface area contributed by atoms with Crippen LogP contribution >= 0.6 is 11.3 Å². The monoisotopic (exact) mass is 404 g/mol. The summed E-state index contributed by atoms with van der Waals surface area (Å²) in [6.45, 7) is 4.94. The number of morpholine rings is 1. The zero-order valence-corrected chi connectivity index (χ0v) is 16.9. The average molecular weight is 404 g/mol. The Labute approximate surface area is 172 Å². The molecule has 2 aromatic carbocycles. The molecule has 146 valence electrons. The number of nitrogens with zero attached hydrogens (tertiary/aromatic N) is 4. The maximum atomic E-state index is 6.25. The van der Waals surface area contributed by atoms with Gasteiger partial charge in [0.2, 0.25) is 11.8 Å². The van der Waals surface area contributed by atoms with Crippen LogP contribution in [0, 0.1) is 6.92 Å². The smallest absolute Gasteiger partial charge is 0.229 e. The molecule has 29 heavy (non-hydrogen) atoms. The van der Waals surface area contributed by atoms with Gasteiger partial charge in [-0.15, -0.1) is 10.2 Å². The molecular weight excluding hydrogens is 384 g/mol. The largest absolute Gasteiger partial charge is 0.420 e. The maximum absolute atomic E-state index is 6.25. The van der Waals surface area contributed by atoms with Crippen LogP contribution in [0.3, 0.4) is 0 Å². The highest BCUT2D eigenvalue weighted by Gasteiger charge is 2.26. The Balaban J connectivity index is 1.57. The fraction of sp³-hybridized carbons (Fsp3) is 0.227. The first-order valence-corrected chi connectivity index (χ1v) is 10.4. The van der Waals surface area contributed by atoms with Crippen LogP contribution in [-0.4, -0.2) is 41.5 Å². The summed E-state index contributed by atoms with van der Waals surface area (Å²) in [5.41, 5.74) is 3.93. The molecule has 0 bridgehead atoms. The Morgan fingerprint density at radius 2 is 1.59 bits per heavy atom. The van der Waals surface area contributed by atoms with E-state index in [4.69, 9.17) is 14.1 Å². The van der Waals surface area contributed by atoms with Crippen LogP contribution in [0.4, 0.5) is 5.88 Å². The van der Waals surface area contributed by atoms with Gasteiger partial charge in [0.25, 0.3) is 0 Å². The van der Waals surface area contributed by atoms with Crippen molar-refractivity contribution in [3.05, 3.63) is 60.2 Å². The highest BCUT2D eigenvalue weighted by molar-refractivity contribution is 7.17. The molecule has 5 rings (SSSR count). The summed E-state index contributed by atoms with van der Waals surface area (Å²) in [4.78, 5) is 7.00. The van der Waals surface area contributed by atoms with Crippen molar-refractivity contribution in [3.63, 3.8) is 0 Å². The van der Waals surface area contributed by atoms with Crippen molar-refractivity contribution < 1.29 is 9.15 Å². The molecule has 0 saturated carbocycles. The van der Waals surface area contributed by atoms with Crippen molar-refractivity contribution in [2.24, 2.45) is 0 Å². The first-order chi connectivity index (χ1) is 14.3. The molecule has 1 aliphatic rings. The van der Waals surface area contributed by atoms with Gasteiger partial charge in [-0.2, -0.15) is 0 Å². The number of benzene rings is 2. The molecule has 1 fully saturated rings. The minimum Gasteiger partial charge on any atom is -0.420 e. The van der Waals surface area contributed by atoms with E-state index in [1.54, 1.807) is 0 Å². The van der Waals surface area contributed by atoms with Crippen molar-refractivity contribution in [1.82, 2.24) is 15.2 Å². The van der Waals surface area contributed by atoms with Gasteiger partial charge in [-0.3, -0.25) is 0 Å². The van der Waals surface area contributed by atoms with E-state index in [1.165, 1.54) is 16.9 Å². The maximum Gasteiger partial charge on any atom is 0.229 e. The molecule has 1 saturated heterocycles. The number of hydrogen-bond donors (Lipinski definition) is 0. The minimum atomic E-state index is 0.595. The molecule has 0 unspecified atom stereocenters. The summed E-state index contributed by atoms with van der Waals surface area (Å²) in [6.07, 6.45) is 0. The lowest BCUT2D eigenvalue weighted by molar-refractivity contribution is 0.121. The molecular formula is C22H20N4O2S. The van der Waals surface area contributed by atoms with Crippen LogP contribution in [0.15, 0.2) is 59.0 Å². The predicted molar refractivity (Wildman–Crippen MR) is 114 cm³/mol. The number of hydrogen-bond acceptors (Lipinski definition) is 7. The number of aromatic nitrogens is 3. The average Bonchev–Trinajstić information content (AvgIpc) is 3.43. The molecule has 2 aromatic heterocycles. The molecule has 0 spiro atoms. The van der Waals surface area contributed by atoms with Gasteiger partial charge in [-0.1, -0.05) is 59.4 Å². The predicted octanol–water partition coefficient (Wildman–Crippen LogP) is 4.67. The standard InChI is InChI=1S/C22H20N4O2S/c1-15-7-9-16(10-8-15)19-23-18(22(28-19)26-11-13-27-14-12-26)21-25-24-20(29-21)17-5-3-2-4-6-17/h2-10H,11-14H2,1H3. The van der Waals surface area contributed by atoms with E-state index >= 15 is 0 Å². The fourth-order valence-electron chi connectivity index (χ4n) is 3.27. The molecule has 7 heteroatoms.